The Hall–Kier alpha value is -0.280. The van der Waals surface area contributed by atoms with E-state index in [-0.39, 0.29) is 11.4 Å². The lowest BCUT2D eigenvalue weighted by Gasteiger charge is -2.17. The molecule has 0 radical (unpaired) electrons. The lowest BCUT2D eigenvalue weighted by Crippen LogP contribution is -2.30. The molecule has 0 aromatic heterocycles. The van der Waals surface area contributed by atoms with Crippen LogP contribution in [-0.2, 0) is 4.79 Å². The van der Waals surface area contributed by atoms with Gasteiger partial charge in [0.1, 0.15) is 0 Å². The number of hydrogen-bond donors (Lipinski definition) is 1. The van der Waals surface area contributed by atoms with Crippen LogP contribution in [0.15, 0.2) is 0 Å². The SMILES string of the molecule is CCC(=O)NCCC(Cl)N(C)C. The monoisotopic (exact) mass is 192 g/mol. The molecule has 0 spiro atoms. The van der Waals surface area contributed by atoms with E-state index >= 15 is 0 Å². The maximum Gasteiger partial charge on any atom is 0.219 e. The fourth-order valence-corrected chi connectivity index (χ4v) is 0.823. The van der Waals surface area contributed by atoms with Crippen molar-refractivity contribution >= 4 is 17.5 Å². The molecule has 0 aliphatic rings. The standard InChI is InChI=1S/C8H17ClN2O/c1-4-8(12)10-6-5-7(9)11(2)3/h7H,4-6H2,1-3H3,(H,10,12). The molecule has 4 heteroatoms. The average Bonchev–Trinajstić information content (AvgIpc) is 2.03. The van der Waals surface area contributed by atoms with Crippen LogP contribution in [0, 0.1) is 0 Å². The van der Waals surface area contributed by atoms with E-state index in [4.69, 9.17) is 11.6 Å². The van der Waals surface area contributed by atoms with Crippen molar-refractivity contribution in [3.05, 3.63) is 0 Å². The number of nitrogens with zero attached hydrogens (tertiary/aromatic N) is 1. The number of nitrogens with one attached hydrogen (secondary N) is 1. The normalized spacial score (nSPS) is 13.1. The molecule has 0 aromatic carbocycles. The number of alkyl halides is 1. The molecule has 0 aliphatic carbocycles. The number of carbonyl (C=O) groups excluding carboxylic acids is 1. The molecule has 0 bridgehead atoms. The summed E-state index contributed by atoms with van der Waals surface area (Å²) < 4.78 is 0. The first kappa shape index (κ1) is 11.7. The Kier molecular flexibility index (Phi) is 6.11. The molecule has 1 atom stereocenters. The predicted octanol–water partition coefficient (Wildman–Crippen LogP) is 1.03. The van der Waals surface area contributed by atoms with Gasteiger partial charge in [-0.15, -0.1) is 11.6 Å². The van der Waals surface area contributed by atoms with Crippen molar-refractivity contribution in [1.82, 2.24) is 10.2 Å². The van der Waals surface area contributed by atoms with Crippen molar-refractivity contribution in [2.75, 3.05) is 20.6 Å². The second-order valence-corrected chi connectivity index (χ2v) is 3.39. The van der Waals surface area contributed by atoms with Gasteiger partial charge in [0.2, 0.25) is 5.91 Å². The van der Waals surface area contributed by atoms with Crippen LogP contribution in [0.1, 0.15) is 19.8 Å². The van der Waals surface area contributed by atoms with Crippen LogP contribution in [0.5, 0.6) is 0 Å². The van der Waals surface area contributed by atoms with Crippen molar-refractivity contribution in [3.63, 3.8) is 0 Å². The van der Waals surface area contributed by atoms with Crippen molar-refractivity contribution in [3.8, 4) is 0 Å². The highest BCUT2D eigenvalue weighted by molar-refractivity contribution is 6.20. The Labute approximate surface area is 79.1 Å². The summed E-state index contributed by atoms with van der Waals surface area (Å²) >= 11 is 5.92. The molecule has 1 unspecified atom stereocenters. The molecule has 3 nitrogen and oxygen atoms in total. The van der Waals surface area contributed by atoms with E-state index in [1.165, 1.54) is 0 Å². The largest absolute Gasteiger partial charge is 0.356 e. The van der Waals surface area contributed by atoms with Gasteiger partial charge in [-0.1, -0.05) is 6.92 Å². The first-order chi connectivity index (χ1) is 5.57. The molecule has 1 amide bonds. The summed E-state index contributed by atoms with van der Waals surface area (Å²) in [5.41, 5.74) is 0.00200. The second-order valence-electron chi connectivity index (χ2n) is 2.89. The molecule has 1 N–H and O–H groups in total. The fourth-order valence-electron chi connectivity index (χ4n) is 0.714. The topological polar surface area (TPSA) is 32.3 Å². The summed E-state index contributed by atoms with van der Waals surface area (Å²) in [4.78, 5) is 12.7. The third kappa shape index (κ3) is 5.38. The number of rotatable bonds is 5. The number of halogens is 1. The van der Waals surface area contributed by atoms with E-state index in [2.05, 4.69) is 5.32 Å². The zero-order valence-corrected chi connectivity index (χ0v) is 8.69. The summed E-state index contributed by atoms with van der Waals surface area (Å²) in [7, 11) is 3.83. The molecule has 0 rings (SSSR count). The highest BCUT2D eigenvalue weighted by atomic mass is 35.5. The zero-order valence-electron chi connectivity index (χ0n) is 7.93. The Balaban J connectivity index is 3.37. The molecule has 12 heavy (non-hydrogen) atoms. The molecule has 0 saturated heterocycles. The van der Waals surface area contributed by atoms with Crippen LogP contribution in [0.25, 0.3) is 0 Å². The lowest BCUT2D eigenvalue weighted by molar-refractivity contribution is -0.120. The van der Waals surface area contributed by atoms with Gasteiger partial charge in [-0.3, -0.25) is 9.69 Å². The van der Waals surface area contributed by atoms with Gasteiger partial charge < -0.3 is 5.32 Å². The van der Waals surface area contributed by atoms with E-state index in [1.807, 2.05) is 25.9 Å². The lowest BCUT2D eigenvalue weighted by atomic mass is 10.3. The average molecular weight is 193 g/mol. The summed E-state index contributed by atoms with van der Waals surface area (Å²) in [6.45, 7) is 2.48. The van der Waals surface area contributed by atoms with Gasteiger partial charge in [0.15, 0.2) is 0 Å². The van der Waals surface area contributed by atoms with E-state index in [0.717, 1.165) is 6.42 Å². The molecule has 72 valence electrons. The first-order valence-electron chi connectivity index (χ1n) is 4.15. The molecule has 0 aliphatic heterocycles. The number of amides is 1. The van der Waals surface area contributed by atoms with E-state index < -0.39 is 0 Å². The molecule has 0 saturated carbocycles. The van der Waals surface area contributed by atoms with Crippen LogP contribution in [0.4, 0.5) is 0 Å². The Morgan fingerprint density at radius 1 is 1.58 bits per heavy atom. The van der Waals surface area contributed by atoms with Crippen molar-refractivity contribution in [2.45, 2.75) is 25.3 Å². The van der Waals surface area contributed by atoms with Gasteiger partial charge in [-0.25, -0.2) is 0 Å². The van der Waals surface area contributed by atoms with Gasteiger partial charge in [0.05, 0.1) is 5.50 Å². The van der Waals surface area contributed by atoms with Gasteiger partial charge in [0.25, 0.3) is 0 Å². The van der Waals surface area contributed by atoms with Crippen LogP contribution in [-0.4, -0.2) is 36.9 Å². The van der Waals surface area contributed by atoms with Gasteiger partial charge in [-0.05, 0) is 20.5 Å². The molecular formula is C8H17ClN2O. The van der Waals surface area contributed by atoms with Crippen LogP contribution in [0.2, 0.25) is 0 Å². The van der Waals surface area contributed by atoms with Crippen molar-refractivity contribution < 1.29 is 4.79 Å². The molecule has 0 fully saturated rings. The summed E-state index contributed by atoms with van der Waals surface area (Å²) in [6.07, 6.45) is 1.31. The van der Waals surface area contributed by atoms with E-state index in [0.29, 0.717) is 13.0 Å². The van der Waals surface area contributed by atoms with Crippen LogP contribution >= 0.6 is 11.6 Å². The quantitative estimate of drug-likeness (QED) is 0.521. The Morgan fingerprint density at radius 3 is 2.58 bits per heavy atom. The number of carbonyl (C=O) groups is 1. The van der Waals surface area contributed by atoms with Crippen molar-refractivity contribution in [1.29, 1.82) is 0 Å². The van der Waals surface area contributed by atoms with Crippen LogP contribution in [0.3, 0.4) is 0 Å². The summed E-state index contributed by atoms with van der Waals surface area (Å²) in [6, 6.07) is 0. The second kappa shape index (κ2) is 6.26. The van der Waals surface area contributed by atoms with Crippen LogP contribution < -0.4 is 5.32 Å². The number of hydrogen-bond acceptors (Lipinski definition) is 2. The minimum absolute atomic E-state index is 0.00200. The fraction of sp³-hybridized carbons (Fsp3) is 0.875. The van der Waals surface area contributed by atoms with Gasteiger partial charge in [0, 0.05) is 13.0 Å². The smallest absolute Gasteiger partial charge is 0.219 e. The Bertz CT molecular complexity index is 139. The molecular weight excluding hydrogens is 176 g/mol. The van der Waals surface area contributed by atoms with Gasteiger partial charge in [-0.2, -0.15) is 0 Å². The highest BCUT2D eigenvalue weighted by Gasteiger charge is 2.06. The predicted molar refractivity (Wildman–Crippen MR) is 51.2 cm³/mol. The maximum atomic E-state index is 10.8. The van der Waals surface area contributed by atoms with Gasteiger partial charge >= 0.3 is 0 Å². The zero-order chi connectivity index (χ0) is 9.56. The van der Waals surface area contributed by atoms with E-state index in [1.54, 1.807) is 0 Å². The highest BCUT2D eigenvalue weighted by Crippen LogP contribution is 2.02. The first-order valence-corrected chi connectivity index (χ1v) is 4.58. The minimum atomic E-state index is 0.00200. The Morgan fingerprint density at radius 2 is 2.17 bits per heavy atom. The maximum absolute atomic E-state index is 10.8. The minimum Gasteiger partial charge on any atom is -0.356 e. The summed E-state index contributed by atoms with van der Waals surface area (Å²) in [5.74, 6) is 0.0811. The molecule has 0 aromatic rings. The third-order valence-corrected chi connectivity index (χ3v) is 2.19. The summed E-state index contributed by atoms with van der Waals surface area (Å²) in [5, 5.41) is 2.77. The third-order valence-electron chi connectivity index (χ3n) is 1.59. The van der Waals surface area contributed by atoms with E-state index in [9.17, 15) is 4.79 Å². The molecule has 0 heterocycles. The van der Waals surface area contributed by atoms with Crippen molar-refractivity contribution in [2.24, 2.45) is 0 Å².